The van der Waals surface area contributed by atoms with Gasteiger partial charge in [0, 0.05) is 18.8 Å². The van der Waals surface area contributed by atoms with E-state index in [2.05, 4.69) is 20.3 Å². The van der Waals surface area contributed by atoms with E-state index < -0.39 is 22.3 Å². The third-order valence-corrected chi connectivity index (χ3v) is 6.41. The standard InChI is InChI=1S/C14H16F2N6O3S2/c1-4-27(23,24)22(10-5-8(2)21(3)20-10)7-11-17-6-9(26-11)13-18-19-14(25-13)12(15)16/h5-6,12H,4,7H2,1-3H3. The zero-order chi connectivity index (χ0) is 19.8. The Morgan fingerprint density at radius 3 is 2.67 bits per heavy atom. The Morgan fingerprint density at radius 2 is 2.11 bits per heavy atom. The van der Waals surface area contributed by atoms with Crippen LogP contribution in [0.3, 0.4) is 0 Å². The Hall–Kier alpha value is -2.41. The molecule has 0 aliphatic carbocycles. The van der Waals surface area contributed by atoms with Crippen molar-refractivity contribution in [3.63, 3.8) is 0 Å². The summed E-state index contributed by atoms with van der Waals surface area (Å²) in [6, 6.07) is 1.66. The van der Waals surface area contributed by atoms with E-state index in [0.29, 0.717) is 9.88 Å². The van der Waals surface area contributed by atoms with Crippen molar-refractivity contribution in [1.82, 2.24) is 25.0 Å². The average Bonchev–Trinajstić information content (AvgIpc) is 3.33. The van der Waals surface area contributed by atoms with Crippen LogP contribution in [0.5, 0.6) is 0 Å². The van der Waals surface area contributed by atoms with Crippen molar-refractivity contribution in [1.29, 1.82) is 0 Å². The quantitative estimate of drug-likeness (QED) is 0.580. The zero-order valence-electron chi connectivity index (χ0n) is 14.6. The minimum Gasteiger partial charge on any atom is -0.414 e. The van der Waals surface area contributed by atoms with E-state index in [4.69, 9.17) is 4.42 Å². The molecule has 3 aromatic rings. The number of aromatic nitrogens is 5. The summed E-state index contributed by atoms with van der Waals surface area (Å²) in [5.41, 5.74) is 0.798. The molecule has 0 radical (unpaired) electrons. The molecule has 0 aliphatic rings. The number of anilines is 1. The predicted octanol–water partition coefficient (Wildman–Crippen LogP) is 2.53. The molecule has 0 N–H and O–H groups in total. The Balaban J connectivity index is 1.89. The first-order valence-electron chi connectivity index (χ1n) is 7.79. The van der Waals surface area contributed by atoms with Crippen LogP contribution in [0.15, 0.2) is 16.7 Å². The topological polar surface area (TPSA) is 107 Å². The monoisotopic (exact) mass is 418 g/mol. The molecule has 0 fully saturated rings. The van der Waals surface area contributed by atoms with Crippen LogP contribution in [0.2, 0.25) is 0 Å². The lowest BCUT2D eigenvalue weighted by molar-refractivity contribution is 0.116. The van der Waals surface area contributed by atoms with Crippen molar-refractivity contribution in [2.45, 2.75) is 26.8 Å². The first-order valence-corrected chi connectivity index (χ1v) is 10.2. The molecule has 0 aliphatic heterocycles. The number of aryl methyl sites for hydroxylation is 2. The Bertz CT molecular complexity index is 1020. The van der Waals surface area contributed by atoms with Gasteiger partial charge >= 0.3 is 6.43 Å². The fourth-order valence-corrected chi connectivity index (χ4v) is 4.08. The molecule has 9 nitrogen and oxygen atoms in total. The molecule has 0 saturated carbocycles. The lowest BCUT2D eigenvalue weighted by atomic mass is 10.4. The van der Waals surface area contributed by atoms with Crippen LogP contribution >= 0.6 is 11.3 Å². The van der Waals surface area contributed by atoms with Gasteiger partial charge < -0.3 is 4.42 Å². The summed E-state index contributed by atoms with van der Waals surface area (Å²) < 4.78 is 57.8. The molecule has 3 rings (SSSR count). The molecule has 3 aromatic heterocycles. The summed E-state index contributed by atoms with van der Waals surface area (Å²) in [7, 11) is -1.89. The number of halogens is 2. The van der Waals surface area contributed by atoms with Gasteiger partial charge in [-0.15, -0.1) is 21.5 Å². The van der Waals surface area contributed by atoms with E-state index in [1.54, 1.807) is 17.8 Å². The highest BCUT2D eigenvalue weighted by atomic mass is 32.2. The Labute approximate surface area is 157 Å². The van der Waals surface area contributed by atoms with Crippen LogP contribution in [0, 0.1) is 6.92 Å². The van der Waals surface area contributed by atoms with Gasteiger partial charge in [0.15, 0.2) is 5.82 Å². The molecular formula is C14H16F2N6O3S2. The van der Waals surface area contributed by atoms with Gasteiger partial charge in [-0.05, 0) is 13.8 Å². The minimum atomic E-state index is -3.60. The highest BCUT2D eigenvalue weighted by Gasteiger charge is 2.26. The molecule has 13 heteroatoms. The molecule has 0 saturated heterocycles. The molecule has 27 heavy (non-hydrogen) atoms. The molecule has 0 spiro atoms. The maximum atomic E-state index is 12.6. The third-order valence-electron chi connectivity index (χ3n) is 3.73. The highest BCUT2D eigenvalue weighted by molar-refractivity contribution is 7.92. The number of alkyl halides is 2. The highest BCUT2D eigenvalue weighted by Crippen LogP contribution is 2.29. The number of rotatable bonds is 7. The maximum absolute atomic E-state index is 12.6. The number of nitrogens with zero attached hydrogens (tertiary/aromatic N) is 6. The largest absolute Gasteiger partial charge is 0.414 e. The summed E-state index contributed by atoms with van der Waals surface area (Å²) in [6.45, 7) is 3.30. The van der Waals surface area contributed by atoms with Crippen molar-refractivity contribution in [2.75, 3.05) is 10.1 Å². The second kappa shape index (κ2) is 7.31. The van der Waals surface area contributed by atoms with Gasteiger partial charge in [0.05, 0.1) is 18.5 Å². The second-order valence-corrected chi connectivity index (χ2v) is 8.84. The molecule has 3 heterocycles. The van der Waals surface area contributed by atoms with Gasteiger partial charge in [-0.25, -0.2) is 17.7 Å². The van der Waals surface area contributed by atoms with Crippen molar-refractivity contribution < 1.29 is 21.6 Å². The van der Waals surface area contributed by atoms with E-state index in [1.165, 1.54) is 17.4 Å². The van der Waals surface area contributed by atoms with Gasteiger partial charge in [0.25, 0.3) is 11.8 Å². The molecule has 146 valence electrons. The molecule has 0 aromatic carbocycles. The fourth-order valence-electron chi connectivity index (χ4n) is 2.17. The minimum absolute atomic E-state index is 0.0485. The van der Waals surface area contributed by atoms with Crippen LogP contribution < -0.4 is 4.31 Å². The SMILES string of the molecule is CCS(=O)(=O)N(Cc1ncc(-c2nnc(C(F)F)o2)s1)c1cc(C)n(C)n1. The number of hydrogen-bond acceptors (Lipinski definition) is 8. The summed E-state index contributed by atoms with van der Waals surface area (Å²) in [6.07, 6.45) is -1.49. The number of thiazole rings is 1. The summed E-state index contributed by atoms with van der Waals surface area (Å²) in [5, 5.41) is 11.5. The van der Waals surface area contributed by atoms with Crippen molar-refractivity contribution in [3.05, 3.63) is 28.9 Å². The van der Waals surface area contributed by atoms with E-state index in [0.717, 1.165) is 17.0 Å². The van der Waals surface area contributed by atoms with Gasteiger partial charge in [-0.1, -0.05) is 0 Å². The summed E-state index contributed by atoms with van der Waals surface area (Å²) in [5.74, 6) is -0.694. The van der Waals surface area contributed by atoms with Crippen LogP contribution in [0.1, 0.15) is 29.9 Å². The zero-order valence-corrected chi connectivity index (χ0v) is 16.3. The van der Waals surface area contributed by atoms with Crippen LogP contribution in [-0.2, 0) is 23.6 Å². The van der Waals surface area contributed by atoms with E-state index in [1.807, 2.05) is 6.92 Å². The van der Waals surface area contributed by atoms with E-state index in [9.17, 15) is 17.2 Å². The third kappa shape index (κ3) is 3.98. The molecule has 0 bridgehead atoms. The Morgan fingerprint density at radius 1 is 1.37 bits per heavy atom. The van der Waals surface area contributed by atoms with Crippen molar-refractivity contribution in [2.24, 2.45) is 7.05 Å². The van der Waals surface area contributed by atoms with Crippen LogP contribution in [-0.4, -0.2) is 39.1 Å². The molecule has 0 atom stereocenters. The Kier molecular flexibility index (Phi) is 5.24. The average molecular weight is 418 g/mol. The van der Waals surface area contributed by atoms with E-state index in [-0.39, 0.29) is 24.0 Å². The van der Waals surface area contributed by atoms with Crippen LogP contribution in [0.25, 0.3) is 10.8 Å². The lowest BCUT2D eigenvalue weighted by Crippen LogP contribution is -2.32. The first-order chi connectivity index (χ1) is 12.7. The van der Waals surface area contributed by atoms with Crippen LogP contribution in [0.4, 0.5) is 14.6 Å². The second-order valence-electron chi connectivity index (χ2n) is 5.54. The smallest absolute Gasteiger partial charge is 0.314 e. The lowest BCUT2D eigenvalue weighted by Gasteiger charge is -2.19. The van der Waals surface area contributed by atoms with Gasteiger partial charge in [0.1, 0.15) is 9.88 Å². The fraction of sp³-hybridized carbons (Fsp3) is 0.429. The number of hydrogen-bond donors (Lipinski definition) is 0. The van der Waals surface area contributed by atoms with Gasteiger partial charge in [-0.3, -0.25) is 4.68 Å². The normalized spacial score (nSPS) is 12.1. The molecule has 0 unspecified atom stereocenters. The number of sulfonamides is 1. The van der Waals surface area contributed by atoms with Gasteiger partial charge in [0.2, 0.25) is 10.0 Å². The first kappa shape index (κ1) is 19.4. The molecule has 0 amide bonds. The summed E-state index contributed by atoms with van der Waals surface area (Å²) >= 11 is 1.08. The predicted molar refractivity (Wildman–Crippen MR) is 94.0 cm³/mol. The molecular weight excluding hydrogens is 402 g/mol. The van der Waals surface area contributed by atoms with Gasteiger partial charge in [-0.2, -0.15) is 13.9 Å². The van der Waals surface area contributed by atoms with E-state index >= 15 is 0 Å². The van der Waals surface area contributed by atoms with Crippen molar-refractivity contribution in [3.8, 4) is 10.8 Å². The van der Waals surface area contributed by atoms with Crippen molar-refractivity contribution >= 4 is 27.2 Å². The summed E-state index contributed by atoms with van der Waals surface area (Å²) in [4.78, 5) is 4.52. The maximum Gasteiger partial charge on any atom is 0.314 e.